The standard InChI is InChI=1S/C11H16N2O4S/c12-10-3-1-4-11(9-10)16-7-8-18(14,15)13-5-2-6-17-13/h1,3-4,9H,2,5-8,12H2. The van der Waals surface area contributed by atoms with Crippen molar-refractivity contribution in [3.8, 4) is 5.75 Å². The van der Waals surface area contributed by atoms with Crippen LogP contribution in [-0.4, -0.2) is 38.4 Å². The quantitative estimate of drug-likeness (QED) is 0.794. The third-order valence-electron chi connectivity index (χ3n) is 2.50. The van der Waals surface area contributed by atoms with E-state index >= 15 is 0 Å². The third kappa shape index (κ3) is 3.34. The number of nitrogen functional groups attached to an aromatic ring is 1. The molecule has 1 aromatic carbocycles. The zero-order valence-corrected chi connectivity index (χ0v) is 10.7. The minimum absolute atomic E-state index is 0.0750. The molecule has 0 unspecified atom stereocenters. The van der Waals surface area contributed by atoms with Crippen LogP contribution in [0.2, 0.25) is 0 Å². The predicted octanol–water partition coefficient (Wildman–Crippen LogP) is 0.615. The normalized spacial score (nSPS) is 16.9. The second-order valence-corrected chi connectivity index (χ2v) is 5.93. The first kappa shape index (κ1) is 13.1. The van der Waals surface area contributed by atoms with E-state index in [1.165, 1.54) is 0 Å². The molecule has 6 nitrogen and oxygen atoms in total. The molecular formula is C11H16N2O4S. The third-order valence-corrected chi connectivity index (χ3v) is 4.09. The molecule has 0 amide bonds. The smallest absolute Gasteiger partial charge is 0.239 e. The Labute approximate surface area is 106 Å². The first-order valence-electron chi connectivity index (χ1n) is 5.69. The van der Waals surface area contributed by atoms with Crippen molar-refractivity contribution in [1.82, 2.24) is 4.47 Å². The molecule has 0 atom stereocenters. The number of ether oxygens (including phenoxy) is 1. The lowest BCUT2D eigenvalue weighted by atomic mass is 10.3. The van der Waals surface area contributed by atoms with Crippen LogP contribution in [0.15, 0.2) is 24.3 Å². The molecule has 1 saturated heterocycles. The molecule has 18 heavy (non-hydrogen) atoms. The van der Waals surface area contributed by atoms with Crippen LogP contribution in [-0.2, 0) is 14.9 Å². The fraction of sp³-hybridized carbons (Fsp3) is 0.455. The van der Waals surface area contributed by atoms with Crippen LogP contribution in [0.1, 0.15) is 6.42 Å². The van der Waals surface area contributed by atoms with Crippen molar-refractivity contribution in [3.05, 3.63) is 24.3 Å². The summed E-state index contributed by atoms with van der Waals surface area (Å²) in [7, 11) is -3.39. The largest absolute Gasteiger partial charge is 0.492 e. The Bertz CT molecular complexity index is 498. The highest BCUT2D eigenvalue weighted by Crippen LogP contribution is 2.15. The van der Waals surface area contributed by atoms with Crippen LogP contribution in [0, 0.1) is 0 Å². The highest BCUT2D eigenvalue weighted by atomic mass is 32.2. The number of hydrogen-bond donors (Lipinski definition) is 1. The Kier molecular flexibility index (Phi) is 4.05. The Balaban J connectivity index is 1.84. The molecule has 0 aliphatic carbocycles. The molecule has 2 rings (SSSR count). The van der Waals surface area contributed by atoms with E-state index in [0.29, 0.717) is 24.6 Å². The Morgan fingerprint density at radius 2 is 2.28 bits per heavy atom. The van der Waals surface area contributed by atoms with E-state index in [2.05, 4.69) is 0 Å². The van der Waals surface area contributed by atoms with Gasteiger partial charge in [0.15, 0.2) is 0 Å². The summed E-state index contributed by atoms with van der Waals surface area (Å²) in [6, 6.07) is 6.87. The first-order valence-corrected chi connectivity index (χ1v) is 7.30. The van der Waals surface area contributed by atoms with E-state index in [1.807, 2.05) is 0 Å². The average molecular weight is 272 g/mol. The van der Waals surface area contributed by atoms with Crippen LogP contribution in [0.25, 0.3) is 0 Å². The molecule has 1 aliphatic heterocycles. The maximum atomic E-state index is 11.8. The summed E-state index contributed by atoms with van der Waals surface area (Å²) < 4.78 is 30.0. The molecule has 2 N–H and O–H groups in total. The summed E-state index contributed by atoms with van der Waals surface area (Å²) in [6.07, 6.45) is 0.731. The van der Waals surface area contributed by atoms with Gasteiger partial charge in [-0.05, 0) is 18.6 Å². The fourth-order valence-corrected chi connectivity index (χ4v) is 2.75. The van der Waals surface area contributed by atoms with Crippen LogP contribution in [0.3, 0.4) is 0 Å². The van der Waals surface area contributed by atoms with Gasteiger partial charge >= 0.3 is 0 Å². The van der Waals surface area contributed by atoms with E-state index in [9.17, 15) is 8.42 Å². The van der Waals surface area contributed by atoms with Gasteiger partial charge in [-0.3, -0.25) is 4.84 Å². The lowest BCUT2D eigenvalue weighted by molar-refractivity contribution is -0.0286. The number of benzene rings is 1. The highest BCUT2D eigenvalue weighted by molar-refractivity contribution is 7.88. The molecule has 0 aromatic heterocycles. The first-order chi connectivity index (χ1) is 8.58. The number of hydrogen-bond acceptors (Lipinski definition) is 5. The van der Waals surface area contributed by atoms with Crippen molar-refractivity contribution in [2.24, 2.45) is 0 Å². The van der Waals surface area contributed by atoms with Crippen molar-refractivity contribution in [2.75, 3.05) is 31.2 Å². The van der Waals surface area contributed by atoms with Crippen molar-refractivity contribution >= 4 is 15.7 Å². The SMILES string of the molecule is Nc1cccc(OCCS(=O)(=O)N2CCCO2)c1. The van der Waals surface area contributed by atoms with Gasteiger partial charge in [0.2, 0.25) is 10.0 Å². The summed E-state index contributed by atoms with van der Waals surface area (Å²) in [6.45, 7) is 0.946. The topological polar surface area (TPSA) is 81.9 Å². The van der Waals surface area contributed by atoms with Crippen molar-refractivity contribution in [2.45, 2.75) is 6.42 Å². The number of hydroxylamine groups is 1. The summed E-state index contributed by atoms with van der Waals surface area (Å²) in [4.78, 5) is 5.01. The van der Waals surface area contributed by atoms with E-state index < -0.39 is 10.0 Å². The number of anilines is 1. The van der Waals surface area contributed by atoms with Crippen molar-refractivity contribution in [3.63, 3.8) is 0 Å². The molecular weight excluding hydrogens is 256 g/mol. The fourth-order valence-electron chi connectivity index (χ4n) is 1.61. The molecule has 0 bridgehead atoms. The number of rotatable bonds is 5. The number of nitrogens with two attached hydrogens (primary N) is 1. The second-order valence-electron chi connectivity index (χ2n) is 3.95. The highest BCUT2D eigenvalue weighted by Gasteiger charge is 2.26. The maximum absolute atomic E-state index is 11.8. The van der Waals surface area contributed by atoms with Gasteiger partial charge in [0.25, 0.3) is 0 Å². The van der Waals surface area contributed by atoms with Crippen LogP contribution < -0.4 is 10.5 Å². The van der Waals surface area contributed by atoms with Gasteiger partial charge in [-0.2, -0.15) is 0 Å². The molecule has 0 saturated carbocycles. The Morgan fingerprint density at radius 1 is 1.44 bits per heavy atom. The minimum Gasteiger partial charge on any atom is -0.492 e. The monoisotopic (exact) mass is 272 g/mol. The van der Waals surface area contributed by atoms with Crippen LogP contribution in [0.4, 0.5) is 5.69 Å². The van der Waals surface area contributed by atoms with Gasteiger partial charge in [-0.25, -0.2) is 8.42 Å². The summed E-state index contributed by atoms with van der Waals surface area (Å²) >= 11 is 0. The summed E-state index contributed by atoms with van der Waals surface area (Å²) in [5, 5.41) is 0. The lowest BCUT2D eigenvalue weighted by Crippen LogP contribution is -2.31. The zero-order valence-electron chi connectivity index (χ0n) is 9.91. The van der Waals surface area contributed by atoms with Crippen LogP contribution >= 0.6 is 0 Å². The van der Waals surface area contributed by atoms with Gasteiger partial charge in [0.05, 0.1) is 6.61 Å². The van der Waals surface area contributed by atoms with Gasteiger partial charge in [-0.1, -0.05) is 10.5 Å². The van der Waals surface area contributed by atoms with E-state index in [-0.39, 0.29) is 12.4 Å². The van der Waals surface area contributed by atoms with Crippen molar-refractivity contribution in [1.29, 1.82) is 0 Å². The molecule has 7 heteroatoms. The van der Waals surface area contributed by atoms with Crippen molar-refractivity contribution < 1.29 is 18.0 Å². The Hall–Kier alpha value is -1.31. The molecule has 0 radical (unpaired) electrons. The van der Waals surface area contributed by atoms with E-state index in [0.717, 1.165) is 10.9 Å². The Morgan fingerprint density at radius 3 is 2.94 bits per heavy atom. The van der Waals surface area contributed by atoms with Gasteiger partial charge < -0.3 is 10.5 Å². The van der Waals surface area contributed by atoms with Gasteiger partial charge in [0, 0.05) is 18.3 Å². The summed E-state index contributed by atoms with van der Waals surface area (Å²) in [5.41, 5.74) is 6.17. The molecule has 1 fully saturated rings. The molecule has 1 heterocycles. The molecule has 1 aliphatic rings. The molecule has 0 spiro atoms. The number of nitrogens with zero attached hydrogens (tertiary/aromatic N) is 1. The van der Waals surface area contributed by atoms with Gasteiger partial charge in [0.1, 0.15) is 18.1 Å². The van der Waals surface area contributed by atoms with E-state index in [1.54, 1.807) is 24.3 Å². The second kappa shape index (κ2) is 5.55. The predicted molar refractivity (Wildman–Crippen MR) is 67.4 cm³/mol. The molecule has 100 valence electrons. The minimum atomic E-state index is -3.39. The van der Waals surface area contributed by atoms with Crippen LogP contribution in [0.5, 0.6) is 5.75 Å². The lowest BCUT2D eigenvalue weighted by Gasteiger charge is -2.14. The summed E-state index contributed by atoms with van der Waals surface area (Å²) in [5.74, 6) is 0.453. The number of sulfonamides is 1. The maximum Gasteiger partial charge on any atom is 0.239 e. The van der Waals surface area contributed by atoms with E-state index in [4.69, 9.17) is 15.3 Å². The zero-order chi connectivity index (χ0) is 13.0. The van der Waals surface area contributed by atoms with Gasteiger partial charge in [-0.15, -0.1) is 0 Å². The molecule has 1 aromatic rings. The average Bonchev–Trinajstić information content (AvgIpc) is 2.83.